The third-order valence-corrected chi connectivity index (χ3v) is 4.15. The predicted octanol–water partition coefficient (Wildman–Crippen LogP) is 3.32. The summed E-state index contributed by atoms with van der Waals surface area (Å²) in [5.74, 6) is 0.177. The van der Waals surface area contributed by atoms with Crippen LogP contribution in [0.25, 0.3) is 5.69 Å². The summed E-state index contributed by atoms with van der Waals surface area (Å²) in [6, 6.07) is 4.56. The lowest BCUT2D eigenvalue weighted by molar-refractivity contribution is -0.116. The third-order valence-electron chi connectivity index (χ3n) is 4.15. The first-order valence-electron chi connectivity index (χ1n) is 7.67. The second-order valence-corrected chi connectivity index (χ2v) is 5.74. The molecule has 0 bridgehead atoms. The molecule has 1 aliphatic rings. The van der Waals surface area contributed by atoms with Crippen LogP contribution in [-0.2, 0) is 4.79 Å². The molecule has 1 N–H and O–H groups in total. The maximum absolute atomic E-state index is 14.1. The molecule has 22 heavy (non-hydrogen) atoms. The van der Waals surface area contributed by atoms with Gasteiger partial charge in [-0.15, -0.1) is 0 Å². The minimum Gasteiger partial charge on any atom is -0.326 e. The van der Waals surface area contributed by atoms with Crippen molar-refractivity contribution in [2.75, 3.05) is 5.32 Å². The van der Waals surface area contributed by atoms with Gasteiger partial charge in [0.15, 0.2) is 5.82 Å². The van der Waals surface area contributed by atoms with Crippen molar-refractivity contribution in [1.29, 1.82) is 0 Å². The monoisotopic (exact) mass is 302 g/mol. The molecule has 2 aromatic rings. The second-order valence-electron chi connectivity index (χ2n) is 5.74. The molecule has 1 amide bonds. The van der Waals surface area contributed by atoms with Crippen molar-refractivity contribution in [2.45, 2.75) is 38.5 Å². The molecule has 116 valence electrons. The molecule has 0 atom stereocenters. The van der Waals surface area contributed by atoms with E-state index in [4.69, 9.17) is 0 Å². The number of aromatic nitrogens is 3. The average molecular weight is 302 g/mol. The molecule has 0 unspecified atom stereocenters. The van der Waals surface area contributed by atoms with Gasteiger partial charge in [0, 0.05) is 12.1 Å². The van der Waals surface area contributed by atoms with Crippen molar-refractivity contribution in [3.8, 4) is 5.69 Å². The molecule has 3 rings (SSSR count). The lowest BCUT2D eigenvalue weighted by Gasteiger charge is -2.10. The first-order chi connectivity index (χ1) is 10.7. The van der Waals surface area contributed by atoms with E-state index in [2.05, 4.69) is 15.4 Å². The molecule has 1 aliphatic carbocycles. The zero-order valence-corrected chi connectivity index (χ0v) is 12.3. The molecule has 1 fully saturated rings. The van der Waals surface area contributed by atoms with Gasteiger partial charge in [0.05, 0.1) is 0 Å². The van der Waals surface area contributed by atoms with Crippen LogP contribution in [0, 0.1) is 11.7 Å². The molecule has 0 spiro atoms. The van der Waals surface area contributed by atoms with Crippen molar-refractivity contribution >= 4 is 11.6 Å². The number of carbonyl (C=O) groups excluding carboxylic acids is 1. The van der Waals surface area contributed by atoms with Gasteiger partial charge in [-0.25, -0.2) is 14.1 Å². The van der Waals surface area contributed by atoms with Crippen molar-refractivity contribution in [3.63, 3.8) is 0 Å². The number of benzene rings is 1. The van der Waals surface area contributed by atoms with E-state index in [0.717, 1.165) is 6.42 Å². The quantitative estimate of drug-likeness (QED) is 0.921. The predicted molar refractivity (Wildman–Crippen MR) is 81.1 cm³/mol. The normalized spacial score (nSPS) is 15.1. The molecule has 5 nitrogen and oxygen atoms in total. The van der Waals surface area contributed by atoms with Crippen molar-refractivity contribution in [1.82, 2.24) is 14.8 Å². The number of amides is 1. The topological polar surface area (TPSA) is 59.8 Å². The van der Waals surface area contributed by atoms with Gasteiger partial charge in [-0.05, 0) is 30.5 Å². The van der Waals surface area contributed by atoms with Crippen molar-refractivity contribution < 1.29 is 9.18 Å². The fourth-order valence-electron chi connectivity index (χ4n) is 2.96. The number of nitrogens with one attached hydrogen (secondary N) is 1. The number of hydrogen-bond acceptors (Lipinski definition) is 3. The molecule has 0 aliphatic heterocycles. The van der Waals surface area contributed by atoms with Crippen molar-refractivity contribution in [2.24, 2.45) is 5.92 Å². The summed E-state index contributed by atoms with van der Waals surface area (Å²) < 4.78 is 15.4. The van der Waals surface area contributed by atoms with Gasteiger partial charge >= 0.3 is 0 Å². The maximum atomic E-state index is 14.1. The van der Waals surface area contributed by atoms with Gasteiger partial charge in [0.1, 0.15) is 18.3 Å². The highest BCUT2D eigenvalue weighted by molar-refractivity contribution is 5.90. The highest BCUT2D eigenvalue weighted by Crippen LogP contribution is 2.28. The van der Waals surface area contributed by atoms with Crippen LogP contribution in [0.5, 0.6) is 0 Å². The molecule has 0 saturated heterocycles. The van der Waals surface area contributed by atoms with Crippen LogP contribution < -0.4 is 5.32 Å². The Morgan fingerprint density at radius 1 is 1.36 bits per heavy atom. The smallest absolute Gasteiger partial charge is 0.224 e. The first kappa shape index (κ1) is 14.7. The molecule has 1 heterocycles. The summed E-state index contributed by atoms with van der Waals surface area (Å²) in [5.41, 5.74) is 0.777. The molecular weight excluding hydrogens is 283 g/mol. The molecular formula is C16H19FN4O. The van der Waals surface area contributed by atoms with Crippen LogP contribution in [0.2, 0.25) is 0 Å². The van der Waals surface area contributed by atoms with E-state index in [9.17, 15) is 9.18 Å². The zero-order chi connectivity index (χ0) is 15.4. The molecule has 0 radical (unpaired) electrons. The average Bonchev–Trinajstić information content (AvgIpc) is 3.19. The van der Waals surface area contributed by atoms with Gasteiger partial charge < -0.3 is 5.32 Å². The Labute approximate surface area is 128 Å². The summed E-state index contributed by atoms with van der Waals surface area (Å²) in [6.45, 7) is 0. The van der Waals surface area contributed by atoms with Crippen LogP contribution in [0.15, 0.2) is 30.9 Å². The lowest BCUT2D eigenvalue weighted by Crippen LogP contribution is -2.13. The van der Waals surface area contributed by atoms with E-state index in [1.807, 2.05) is 0 Å². The molecule has 6 heteroatoms. The van der Waals surface area contributed by atoms with Crippen molar-refractivity contribution in [3.05, 3.63) is 36.7 Å². The second kappa shape index (κ2) is 6.68. The van der Waals surface area contributed by atoms with E-state index in [1.165, 1.54) is 49.1 Å². The minimum absolute atomic E-state index is 0.0557. The zero-order valence-electron chi connectivity index (χ0n) is 12.3. The highest BCUT2D eigenvalue weighted by Gasteiger charge is 2.16. The first-order valence-corrected chi connectivity index (χ1v) is 7.67. The van der Waals surface area contributed by atoms with Gasteiger partial charge in [-0.1, -0.05) is 25.7 Å². The van der Waals surface area contributed by atoms with Crippen LogP contribution >= 0.6 is 0 Å². The number of anilines is 1. The van der Waals surface area contributed by atoms with Crippen LogP contribution in [-0.4, -0.2) is 20.7 Å². The van der Waals surface area contributed by atoms with E-state index in [-0.39, 0.29) is 5.91 Å². The summed E-state index contributed by atoms with van der Waals surface area (Å²) in [4.78, 5) is 15.7. The van der Waals surface area contributed by atoms with E-state index >= 15 is 0 Å². The Morgan fingerprint density at radius 3 is 2.86 bits per heavy atom. The summed E-state index contributed by atoms with van der Waals surface area (Å²) in [7, 11) is 0. The van der Waals surface area contributed by atoms with Gasteiger partial charge in [0.2, 0.25) is 5.91 Å². The summed E-state index contributed by atoms with van der Waals surface area (Å²) in [6.07, 6.45) is 9.21. The van der Waals surface area contributed by atoms with E-state index in [1.54, 1.807) is 12.1 Å². The largest absolute Gasteiger partial charge is 0.326 e. The number of carbonyl (C=O) groups is 1. The fourth-order valence-corrected chi connectivity index (χ4v) is 2.96. The number of halogens is 1. The van der Waals surface area contributed by atoms with Gasteiger partial charge in [0.25, 0.3) is 0 Å². The Bertz CT molecular complexity index is 636. The van der Waals surface area contributed by atoms with Crippen LogP contribution in [0.4, 0.5) is 10.1 Å². The number of nitrogens with zero attached hydrogens (tertiary/aromatic N) is 3. The molecule has 1 saturated carbocycles. The number of rotatable bonds is 5. The van der Waals surface area contributed by atoms with E-state index < -0.39 is 5.82 Å². The standard InChI is InChI=1S/C16H19FN4O/c17-14-9-13(6-7-15(14)21-11-18-10-19-21)20-16(22)8-5-12-3-1-2-4-12/h6-7,9-12H,1-5,8H2,(H,20,22). The summed E-state index contributed by atoms with van der Waals surface area (Å²) in [5, 5.41) is 6.64. The lowest BCUT2D eigenvalue weighted by atomic mass is 10.0. The Morgan fingerprint density at radius 2 is 2.18 bits per heavy atom. The molecule has 1 aromatic heterocycles. The van der Waals surface area contributed by atoms with Gasteiger partial charge in [-0.3, -0.25) is 4.79 Å². The minimum atomic E-state index is -0.445. The SMILES string of the molecule is O=C(CCC1CCCC1)Nc1ccc(-n2cncn2)c(F)c1. The highest BCUT2D eigenvalue weighted by atomic mass is 19.1. The van der Waals surface area contributed by atoms with Crippen LogP contribution in [0.3, 0.4) is 0 Å². The summed E-state index contributed by atoms with van der Waals surface area (Å²) >= 11 is 0. The fraction of sp³-hybridized carbons (Fsp3) is 0.438. The van der Waals surface area contributed by atoms with Gasteiger partial charge in [-0.2, -0.15) is 5.10 Å². The van der Waals surface area contributed by atoms with Crippen LogP contribution in [0.1, 0.15) is 38.5 Å². The Kier molecular flexibility index (Phi) is 4.46. The third kappa shape index (κ3) is 3.50. The Hall–Kier alpha value is -2.24. The Balaban J connectivity index is 1.58. The molecule has 1 aromatic carbocycles. The van der Waals surface area contributed by atoms with E-state index in [0.29, 0.717) is 23.7 Å². The maximum Gasteiger partial charge on any atom is 0.224 e. The number of hydrogen-bond donors (Lipinski definition) is 1.